The molecule has 0 saturated heterocycles. The van der Waals surface area contributed by atoms with Crippen molar-refractivity contribution in [3.05, 3.63) is 63.2 Å². The van der Waals surface area contributed by atoms with Gasteiger partial charge in [-0.15, -0.1) is 0 Å². The summed E-state index contributed by atoms with van der Waals surface area (Å²) in [5.41, 5.74) is 2.88. The van der Waals surface area contributed by atoms with Gasteiger partial charge in [-0.25, -0.2) is 0 Å². The smallest absolute Gasteiger partial charge is 0.270 e. The first-order valence-corrected chi connectivity index (χ1v) is 6.06. The van der Waals surface area contributed by atoms with Crippen molar-refractivity contribution in [1.82, 2.24) is 0 Å². The molecule has 102 valence electrons. The Morgan fingerprint density at radius 1 is 1.20 bits per heavy atom. The Balaban J connectivity index is 2.30. The standard InChI is InChI=1S/C15H14N2O3/c1-10-6-13(7-11(2)15(10)18)16-9-12-4-3-5-14(8-12)17(19)20/h3-9,18H,1-2H3. The summed E-state index contributed by atoms with van der Waals surface area (Å²) in [6.45, 7) is 3.60. The second-order valence-corrected chi connectivity index (χ2v) is 4.54. The van der Waals surface area contributed by atoms with Gasteiger partial charge in [0.2, 0.25) is 0 Å². The summed E-state index contributed by atoms with van der Waals surface area (Å²) >= 11 is 0. The van der Waals surface area contributed by atoms with Crippen LogP contribution in [0.15, 0.2) is 41.4 Å². The minimum atomic E-state index is -0.438. The molecule has 5 heteroatoms. The van der Waals surface area contributed by atoms with E-state index in [9.17, 15) is 15.2 Å². The Labute approximate surface area is 116 Å². The fourth-order valence-corrected chi connectivity index (χ4v) is 1.88. The molecule has 20 heavy (non-hydrogen) atoms. The predicted molar refractivity (Wildman–Crippen MR) is 77.9 cm³/mol. The number of hydrogen-bond donors (Lipinski definition) is 1. The van der Waals surface area contributed by atoms with Crippen LogP contribution < -0.4 is 0 Å². The summed E-state index contributed by atoms with van der Waals surface area (Å²) in [5, 5.41) is 20.4. The molecule has 0 radical (unpaired) electrons. The van der Waals surface area contributed by atoms with Crippen molar-refractivity contribution in [3.8, 4) is 5.75 Å². The van der Waals surface area contributed by atoms with Gasteiger partial charge < -0.3 is 5.11 Å². The molecule has 0 bridgehead atoms. The van der Waals surface area contributed by atoms with Crippen LogP contribution in [0.5, 0.6) is 5.75 Å². The minimum Gasteiger partial charge on any atom is -0.507 e. The molecule has 1 N–H and O–H groups in total. The molecule has 2 rings (SSSR count). The van der Waals surface area contributed by atoms with Crippen LogP contribution in [0.1, 0.15) is 16.7 Å². The summed E-state index contributed by atoms with van der Waals surface area (Å²) in [6, 6.07) is 9.78. The molecule has 0 unspecified atom stereocenters. The quantitative estimate of drug-likeness (QED) is 0.525. The lowest BCUT2D eigenvalue weighted by atomic mass is 10.1. The molecule has 2 aromatic carbocycles. The van der Waals surface area contributed by atoms with E-state index in [-0.39, 0.29) is 11.4 Å². The molecule has 0 spiro atoms. The van der Waals surface area contributed by atoms with Crippen LogP contribution in [-0.4, -0.2) is 16.2 Å². The van der Waals surface area contributed by atoms with E-state index in [1.54, 1.807) is 44.3 Å². The molecule has 0 atom stereocenters. The summed E-state index contributed by atoms with van der Waals surface area (Å²) in [5.74, 6) is 0.263. The van der Waals surface area contributed by atoms with Crippen LogP contribution in [0, 0.1) is 24.0 Å². The fraction of sp³-hybridized carbons (Fsp3) is 0.133. The molecule has 0 aliphatic carbocycles. The van der Waals surface area contributed by atoms with Gasteiger partial charge in [-0.2, -0.15) is 0 Å². The van der Waals surface area contributed by atoms with Gasteiger partial charge in [0.1, 0.15) is 5.75 Å². The Kier molecular flexibility index (Phi) is 3.79. The van der Waals surface area contributed by atoms with Crippen LogP contribution in [0.25, 0.3) is 0 Å². The van der Waals surface area contributed by atoms with Gasteiger partial charge in [-0.3, -0.25) is 15.1 Å². The molecule has 0 aliphatic rings. The summed E-state index contributed by atoms with van der Waals surface area (Å²) in [4.78, 5) is 14.5. The van der Waals surface area contributed by atoms with Crippen molar-refractivity contribution in [2.45, 2.75) is 13.8 Å². The van der Waals surface area contributed by atoms with E-state index < -0.39 is 4.92 Å². The monoisotopic (exact) mass is 270 g/mol. The number of aliphatic imine (C=N–C) groups is 1. The number of rotatable bonds is 3. The highest BCUT2D eigenvalue weighted by molar-refractivity contribution is 5.83. The van der Waals surface area contributed by atoms with E-state index in [0.717, 1.165) is 11.1 Å². The number of aromatic hydroxyl groups is 1. The maximum Gasteiger partial charge on any atom is 0.270 e. The Morgan fingerprint density at radius 2 is 1.85 bits per heavy atom. The number of nitrogens with zero attached hydrogens (tertiary/aromatic N) is 2. The third-order valence-corrected chi connectivity index (χ3v) is 2.92. The SMILES string of the molecule is Cc1cc(N=Cc2cccc([N+](=O)[O-])c2)cc(C)c1O. The van der Waals surface area contributed by atoms with Gasteiger partial charge in [0, 0.05) is 18.3 Å². The Hall–Kier alpha value is -2.69. The summed E-state index contributed by atoms with van der Waals surface area (Å²) in [7, 11) is 0. The van der Waals surface area contributed by atoms with Gasteiger partial charge >= 0.3 is 0 Å². The van der Waals surface area contributed by atoms with Crippen molar-refractivity contribution in [2.24, 2.45) is 4.99 Å². The van der Waals surface area contributed by atoms with Gasteiger partial charge in [-0.05, 0) is 42.7 Å². The molecule has 0 fully saturated rings. The Morgan fingerprint density at radius 3 is 2.45 bits per heavy atom. The fourth-order valence-electron chi connectivity index (χ4n) is 1.88. The number of aryl methyl sites for hydroxylation is 2. The first-order valence-electron chi connectivity index (χ1n) is 6.06. The highest BCUT2D eigenvalue weighted by Crippen LogP contribution is 2.27. The van der Waals surface area contributed by atoms with Crippen molar-refractivity contribution >= 4 is 17.6 Å². The molecule has 0 amide bonds. The van der Waals surface area contributed by atoms with Crippen molar-refractivity contribution in [1.29, 1.82) is 0 Å². The second kappa shape index (κ2) is 5.52. The van der Waals surface area contributed by atoms with Crippen molar-refractivity contribution in [3.63, 3.8) is 0 Å². The normalized spacial score (nSPS) is 10.9. The van der Waals surface area contributed by atoms with E-state index in [4.69, 9.17) is 0 Å². The predicted octanol–water partition coefficient (Wildman–Crippen LogP) is 3.67. The number of phenols is 1. The molecule has 2 aromatic rings. The molecule has 0 aliphatic heterocycles. The molecular formula is C15H14N2O3. The first-order chi connectivity index (χ1) is 9.47. The minimum absolute atomic E-state index is 0.0343. The maximum atomic E-state index is 10.7. The van der Waals surface area contributed by atoms with Gasteiger partial charge in [0.25, 0.3) is 5.69 Å². The molecule has 0 saturated carbocycles. The zero-order valence-electron chi connectivity index (χ0n) is 11.2. The van der Waals surface area contributed by atoms with Crippen LogP contribution in [0.4, 0.5) is 11.4 Å². The number of nitro groups is 1. The second-order valence-electron chi connectivity index (χ2n) is 4.54. The number of benzene rings is 2. The lowest BCUT2D eigenvalue weighted by Crippen LogP contribution is -1.89. The molecule has 5 nitrogen and oxygen atoms in total. The Bertz CT molecular complexity index is 670. The lowest BCUT2D eigenvalue weighted by Gasteiger charge is -2.04. The average molecular weight is 270 g/mol. The topological polar surface area (TPSA) is 75.7 Å². The highest BCUT2D eigenvalue weighted by Gasteiger charge is 2.05. The third-order valence-electron chi connectivity index (χ3n) is 2.92. The van der Waals surface area contributed by atoms with Crippen molar-refractivity contribution < 1.29 is 10.0 Å². The van der Waals surface area contributed by atoms with E-state index >= 15 is 0 Å². The number of non-ortho nitro benzene ring substituents is 1. The van der Waals surface area contributed by atoms with Crippen molar-refractivity contribution in [2.75, 3.05) is 0 Å². The number of hydrogen-bond acceptors (Lipinski definition) is 4. The van der Waals surface area contributed by atoms with E-state index in [0.29, 0.717) is 11.3 Å². The number of nitro benzene ring substituents is 1. The summed E-state index contributed by atoms with van der Waals surface area (Å²) in [6.07, 6.45) is 1.57. The van der Waals surface area contributed by atoms with E-state index in [2.05, 4.69) is 4.99 Å². The van der Waals surface area contributed by atoms with Gasteiger partial charge in [0.15, 0.2) is 0 Å². The van der Waals surface area contributed by atoms with Crippen LogP contribution in [0.2, 0.25) is 0 Å². The number of phenolic OH excluding ortho intramolecular Hbond substituents is 1. The third kappa shape index (κ3) is 3.00. The van der Waals surface area contributed by atoms with Gasteiger partial charge in [-0.1, -0.05) is 12.1 Å². The van der Waals surface area contributed by atoms with E-state index in [1.165, 1.54) is 12.1 Å². The van der Waals surface area contributed by atoms with Crippen LogP contribution >= 0.6 is 0 Å². The first kappa shape index (κ1) is 13.7. The van der Waals surface area contributed by atoms with Crippen LogP contribution in [-0.2, 0) is 0 Å². The van der Waals surface area contributed by atoms with Crippen LogP contribution in [0.3, 0.4) is 0 Å². The molecular weight excluding hydrogens is 256 g/mol. The molecule has 0 heterocycles. The average Bonchev–Trinajstić information content (AvgIpc) is 2.42. The maximum absolute atomic E-state index is 10.7. The zero-order chi connectivity index (χ0) is 14.7. The van der Waals surface area contributed by atoms with E-state index in [1.807, 2.05) is 0 Å². The lowest BCUT2D eigenvalue weighted by molar-refractivity contribution is -0.384. The van der Waals surface area contributed by atoms with Gasteiger partial charge in [0.05, 0.1) is 10.6 Å². The molecule has 0 aromatic heterocycles. The highest BCUT2D eigenvalue weighted by atomic mass is 16.6. The summed E-state index contributed by atoms with van der Waals surface area (Å²) < 4.78 is 0. The zero-order valence-corrected chi connectivity index (χ0v) is 11.2. The largest absolute Gasteiger partial charge is 0.507 e.